The Morgan fingerprint density at radius 1 is 1.50 bits per heavy atom. The minimum atomic E-state index is -0.162. The maximum absolute atomic E-state index is 13.6. The normalized spacial score (nSPS) is 17.4. The van der Waals surface area contributed by atoms with Gasteiger partial charge in [0.25, 0.3) is 0 Å². The maximum Gasteiger partial charge on any atom is 0.127 e. The molecule has 2 nitrogen and oxygen atoms in total. The van der Waals surface area contributed by atoms with Gasteiger partial charge in [0.05, 0.1) is 0 Å². The Morgan fingerprint density at radius 3 is 2.81 bits per heavy atom. The van der Waals surface area contributed by atoms with E-state index in [1.807, 2.05) is 12.1 Å². The summed E-state index contributed by atoms with van der Waals surface area (Å²) in [4.78, 5) is 0. The average Bonchev–Trinajstić information content (AvgIpc) is 3.04. The highest BCUT2D eigenvalue weighted by Crippen LogP contribution is 2.34. The SMILES string of the molecule is NNC(Cc1ccc(Br)cc1F)CC1CC1. The van der Waals surface area contributed by atoms with Crippen molar-refractivity contribution in [3.8, 4) is 0 Å². The summed E-state index contributed by atoms with van der Waals surface area (Å²) < 4.78 is 14.4. The lowest BCUT2D eigenvalue weighted by Crippen LogP contribution is -2.37. The molecule has 1 aliphatic rings. The molecule has 88 valence electrons. The van der Waals surface area contributed by atoms with Crippen LogP contribution in [0.25, 0.3) is 0 Å². The van der Waals surface area contributed by atoms with Gasteiger partial charge in [0.15, 0.2) is 0 Å². The fraction of sp³-hybridized carbons (Fsp3) is 0.500. The molecule has 4 heteroatoms. The van der Waals surface area contributed by atoms with E-state index in [1.54, 1.807) is 0 Å². The van der Waals surface area contributed by atoms with E-state index >= 15 is 0 Å². The highest BCUT2D eigenvalue weighted by Gasteiger charge is 2.25. The van der Waals surface area contributed by atoms with E-state index in [1.165, 1.54) is 18.9 Å². The molecule has 1 aliphatic carbocycles. The molecule has 1 saturated carbocycles. The Balaban J connectivity index is 1.99. The van der Waals surface area contributed by atoms with Gasteiger partial charge in [0.1, 0.15) is 5.82 Å². The number of rotatable bonds is 5. The molecule has 0 aromatic heterocycles. The lowest BCUT2D eigenvalue weighted by Gasteiger charge is -2.15. The lowest BCUT2D eigenvalue weighted by atomic mass is 10.0. The van der Waals surface area contributed by atoms with Crippen LogP contribution in [0.1, 0.15) is 24.8 Å². The lowest BCUT2D eigenvalue weighted by molar-refractivity contribution is 0.457. The molecule has 0 saturated heterocycles. The Bertz CT molecular complexity index is 366. The fourth-order valence-electron chi connectivity index (χ4n) is 1.92. The van der Waals surface area contributed by atoms with Crippen LogP contribution in [0.15, 0.2) is 22.7 Å². The topological polar surface area (TPSA) is 38.0 Å². The van der Waals surface area contributed by atoms with Gasteiger partial charge < -0.3 is 0 Å². The molecule has 1 unspecified atom stereocenters. The molecular formula is C12H16BrFN2. The molecule has 0 spiro atoms. The zero-order valence-corrected chi connectivity index (χ0v) is 10.6. The molecule has 2 rings (SSSR count). The van der Waals surface area contributed by atoms with Crippen LogP contribution in [0.5, 0.6) is 0 Å². The van der Waals surface area contributed by atoms with Crippen molar-refractivity contribution in [2.45, 2.75) is 31.7 Å². The van der Waals surface area contributed by atoms with Crippen molar-refractivity contribution in [3.05, 3.63) is 34.1 Å². The van der Waals surface area contributed by atoms with Crippen LogP contribution in [-0.4, -0.2) is 6.04 Å². The van der Waals surface area contributed by atoms with E-state index in [-0.39, 0.29) is 11.9 Å². The summed E-state index contributed by atoms with van der Waals surface area (Å²) in [5, 5.41) is 0. The van der Waals surface area contributed by atoms with Crippen LogP contribution in [0, 0.1) is 11.7 Å². The summed E-state index contributed by atoms with van der Waals surface area (Å²) in [6.45, 7) is 0. The molecule has 0 heterocycles. The van der Waals surface area contributed by atoms with Crippen molar-refractivity contribution in [3.63, 3.8) is 0 Å². The third-order valence-corrected chi connectivity index (χ3v) is 3.53. The predicted molar refractivity (Wildman–Crippen MR) is 66.3 cm³/mol. The quantitative estimate of drug-likeness (QED) is 0.645. The van der Waals surface area contributed by atoms with Crippen LogP contribution in [-0.2, 0) is 6.42 Å². The van der Waals surface area contributed by atoms with Gasteiger partial charge in [-0.3, -0.25) is 11.3 Å². The number of benzene rings is 1. The highest BCUT2D eigenvalue weighted by atomic mass is 79.9. The van der Waals surface area contributed by atoms with Crippen molar-refractivity contribution >= 4 is 15.9 Å². The van der Waals surface area contributed by atoms with Gasteiger partial charge in [-0.25, -0.2) is 4.39 Å². The third kappa shape index (κ3) is 3.27. The Morgan fingerprint density at radius 2 is 2.25 bits per heavy atom. The minimum absolute atomic E-state index is 0.162. The average molecular weight is 287 g/mol. The first kappa shape index (κ1) is 12.0. The minimum Gasteiger partial charge on any atom is -0.271 e. The molecule has 1 atom stereocenters. The standard InChI is InChI=1S/C12H16BrFN2/c13-10-4-3-9(12(14)7-10)6-11(16-15)5-8-1-2-8/h3-4,7-8,11,16H,1-2,5-6,15H2. The van der Waals surface area contributed by atoms with E-state index in [4.69, 9.17) is 5.84 Å². The van der Waals surface area contributed by atoms with Crippen molar-refractivity contribution in [1.82, 2.24) is 5.43 Å². The second kappa shape index (κ2) is 5.25. The monoisotopic (exact) mass is 286 g/mol. The Kier molecular flexibility index (Phi) is 3.95. The Hall–Kier alpha value is -0.450. The van der Waals surface area contributed by atoms with E-state index in [0.29, 0.717) is 6.42 Å². The van der Waals surface area contributed by atoms with Crippen molar-refractivity contribution in [2.24, 2.45) is 11.8 Å². The molecular weight excluding hydrogens is 271 g/mol. The van der Waals surface area contributed by atoms with E-state index < -0.39 is 0 Å². The zero-order chi connectivity index (χ0) is 11.5. The van der Waals surface area contributed by atoms with Crippen LogP contribution >= 0.6 is 15.9 Å². The molecule has 1 aromatic carbocycles. The maximum atomic E-state index is 13.6. The first-order chi connectivity index (χ1) is 7.69. The number of halogens is 2. The molecule has 0 radical (unpaired) electrons. The van der Waals surface area contributed by atoms with Gasteiger partial charge in [-0.15, -0.1) is 0 Å². The fourth-order valence-corrected chi connectivity index (χ4v) is 2.25. The summed E-state index contributed by atoms with van der Waals surface area (Å²) in [5.41, 5.74) is 3.51. The zero-order valence-electron chi connectivity index (χ0n) is 9.05. The first-order valence-electron chi connectivity index (χ1n) is 5.59. The van der Waals surface area contributed by atoms with Gasteiger partial charge in [0.2, 0.25) is 0 Å². The van der Waals surface area contributed by atoms with Gasteiger partial charge in [-0.2, -0.15) is 0 Å². The van der Waals surface area contributed by atoms with Gasteiger partial charge in [-0.1, -0.05) is 34.8 Å². The largest absolute Gasteiger partial charge is 0.271 e. The molecule has 1 fully saturated rings. The summed E-state index contributed by atoms with van der Waals surface area (Å²) in [6.07, 6.45) is 4.29. The van der Waals surface area contributed by atoms with Crippen molar-refractivity contribution < 1.29 is 4.39 Å². The van der Waals surface area contributed by atoms with Crippen LogP contribution in [0.4, 0.5) is 4.39 Å². The summed E-state index contributed by atoms with van der Waals surface area (Å²) in [5.74, 6) is 6.12. The van der Waals surface area contributed by atoms with Crippen molar-refractivity contribution in [2.75, 3.05) is 0 Å². The smallest absolute Gasteiger partial charge is 0.127 e. The summed E-state index contributed by atoms with van der Waals surface area (Å²) in [6, 6.07) is 5.36. The molecule has 1 aromatic rings. The second-order valence-corrected chi connectivity index (χ2v) is 5.40. The number of nitrogens with one attached hydrogen (secondary N) is 1. The number of hydrogen-bond acceptors (Lipinski definition) is 2. The van der Waals surface area contributed by atoms with Crippen LogP contribution in [0.3, 0.4) is 0 Å². The summed E-state index contributed by atoms with van der Waals surface area (Å²) >= 11 is 3.25. The molecule has 0 aliphatic heterocycles. The van der Waals surface area contributed by atoms with Crippen LogP contribution in [0.2, 0.25) is 0 Å². The van der Waals surface area contributed by atoms with Crippen LogP contribution < -0.4 is 11.3 Å². The van der Waals surface area contributed by atoms with Gasteiger partial charge >= 0.3 is 0 Å². The first-order valence-corrected chi connectivity index (χ1v) is 6.38. The van der Waals surface area contributed by atoms with Gasteiger partial charge in [0, 0.05) is 10.5 Å². The number of hydrogen-bond donors (Lipinski definition) is 2. The second-order valence-electron chi connectivity index (χ2n) is 4.48. The summed E-state index contributed by atoms with van der Waals surface area (Å²) in [7, 11) is 0. The third-order valence-electron chi connectivity index (χ3n) is 3.03. The molecule has 0 amide bonds. The Labute approximate surface area is 104 Å². The molecule has 16 heavy (non-hydrogen) atoms. The predicted octanol–water partition coefficient (Wildman–Crippen LogP) is 2.76. The van der Waals surface area contributed by atoms with Crippen molar-refractivity contribution in [1.29, 1.82) is 0 Å². The van der Waals surface area contributed by atoms with E-state index in [2.05, 4.69) is 21.4 Å². The number of hydrazine groups is 1. The molecule has 0 bridgehead atoms. The van der Waals surface area contributed by atoms with Gasteiger partial charge in [-0.05, 0) is 36.5 Å². The number of nitrogens with two attached hydrogens (primary N) is 1. The van der Waals surface area contributed by atoms with E-state index in [0.717, 1.165) is 22.4 Å². The highest BCUT2D eigenvalue weighted by molar-refractivity contribution is 9.10. The van der Waals surface area contributed by atoms with E-state index in [9.17, 15) is 4.39 Å². The molecule has 3 N–H and O–H groups in total.